The summed E-state index contributed by atoms with van der Waals surface area (Å²) in [6.07, 6.45) is -6.81. The van der Waals surface area contributed by atoms with Gasteiger partial charge in [0.05, 0.1) is 0 Å². The van der Waals surface area contributed by atoms with E-state index in [1.165, 1.54) is 4.90 Å². The topological polar surface area (TPSA) is 49.8 Å². The van der Waals surface area contributed by atoms with Crippen molar-refractivity contribution in [2.45, 2.75) is 64.8 Å². The molecule has 120 valence electrons. The van der Waals surface area contributed by atoms with Gasteiger partial charge < -0.3 is 14.7 Å². The molecule has 1 N–H and O–H groups in total. The number of carbonyl (C=O) groups excluding carboxylic acids is 1. The van der Waals surface area contributed by atoms with Gasteiger partial charge in [0.2, 0.25) is 0 Å². The number of halogens is 3. The first-order valence-electron chi connectivity index (χ1n) is 6.70. The zero-order valence-corrected chi connectivity index (χ0v) is 12.5. The average molecular weight is 299 g/mol. The summed E-state index contributed by atoms with van der Waals surface area (Å²) in [5, 5.41) is 8.97. The molecule has 0 aliphatic rings. The molecule has 0 saturated carbocycles. The van der Waals surface area contributed by atoms with Crippen LogP contribution in [0.25, 0.3) is 0 Å². The first-order valence-corrected chi connectivity index (χ1v) is 6.70. The Labute approximate surface area is 117 Å². The lowest BCUT2D eigenvalue weighted by molar-refractivity contribution is -0.206. The highest BCUT2D eigenvalue weighted by atomic mass is 19.4. The third-order valence-electron chi connectivity index (χ3n) is 2.48. The van der Waals surface area contributed by atoms with Gasteiger partial charge in [0.15, 0.2) is 6.10 Å². The van der Waals surface area contributed by atoms with E-state index in [1.807, 2.05) is 6.92 Å². The number of aliphatic hydroxyl groups excluding tert-OH is 1. The van der Waals surface area contributed by atoms with Crippen LogP contribution in [0.2, 0.25) is 0 Å². The Morgan fingerprint density at radius 2 is 1.80 bits per heavy atom. The van der Waals surface area contributed by atoms with Crippen LogP contribution in [-0.4, -0.2) is 47.1 Å². The standard InChI is InChI=1S/C13H24F3NO3/c1-5-6-8-17(11(19)20-12(2,3)4)9-7-10(18)13(14,15)16/h10,18H,5-9H2,1-4H3. The second-order valence-electron chi connectivity index (χ2n) is 5.67. The summed E-state index contributed by atoms with van der Waals surface area (Å²) < 4.78 is 41.9. The quantitative estimate of drug-likeness (QED) is 0.818. The lowest BCUT2D eigenvalue weighted by Gasteiger charge is -2.28. The third kappa shape index (κ3) is 8.24. The summed E-state index contributed by atoms with van der Waals surface area (Å²) in [5.41, 5.74) is -0.704. The van der Waals surface area contributed by atoms with Crippen molar-refractivity contribution < 1.29 is 27.8 Å². The van der Waals surface area contributed by atoms with Gasteiger partial charge >= 0.3 is 12.3 Å². The van der Waals surface area contributed by atoms with Crippen molar-refractivity contribution in [3.8, 4) is 0 Å². The van der Waals surface area contributed by atoms with Crippen molar-refractivity contribution in [2.24, 2.45) is 0 Å². The molecule has 0 rings (SSSR count). The predicted octanol–water partition coefficient (Wildman–Crippen LogP) is 3.34. The van der Waals surface area contributed by atoms with E-state index in [0.29, 0.717) is 13.0 Å². The highest BCUT2D eigenvalue weighted by Crippen LogP contribution is 2.22. The van der Waals surface area contributed by atoms with Crippen molar-refractivity contribution in [3.05, 3.63) is 0 Å². The first-order chi connectivity index (χ1) is 8.97. The Kier molecular flexibility index (Phi) is 7.33. The molecule has 1 amide bonds. The molecular weight excluding hydrogens is 275 g/mol. The lowest BCUT2D eigenvalue weighted by atomic mass is 10.2. The number of rotatable bonds is 6. The molecule has 0 bridgehead atoms. The molecule has 0 spiro atoms. The molecule has 20 heavy (non-hydrogen) atoms. The summed E-state index contributed by atoms with van der Waals surface area (Å²) in [5.74, 6) is 0. The molecule has 0 aromatic carbocycles. The molecule has 0 aliphatic heterocycles. The molecule has 7 heteroatoms. The van der Waals surface area contributed by atoms with Crippen molar-refractivity contribution in [2.75, 3.05) is 13.1 Å². The number of ether oxygens (including phenoxy) is 1. The second kappa shape index (κ2) is 7.71. The van der Waals surface area contributed by atoms with Gasteiger partial charge in [0, 0.05) is 13.1 Å². The maximum atomic E-state index is 12.2. The number of unbranched alkanes of at least 4 members (excludes halogenated alkanes) is 1. The molecule has 0 aromatic heterocycles. The van der Waals surface area contributed by atoms with Crippen LogP contribution >= 0.6 is 0 Å². The highest BCUT2D eigenvalue weighted by Gasteiger charge is 2.38. The maximum absolute atomic E-state index is 12.2. The zero-order chi connectivity index (χ0) is 16.0. The molecule has 4 nitrogen and oxygen atoms in total. The third-order valence-corrected chi connectivity index (χ3v) is 2.48. The van der Waals surface area contributed by atoms with E-state index in [9.17, 15) is 18.0 Å². The zero-order valence-electron chi connectivity index (χ0n) is 12.5. The van der Waals surface area contributed by atoms with Crippen molar-refractivity contribution >= 4 is 6.09 Å². The van der Waals surface area contributed by atoms with Crippen LogP contribution < -0.4 is 0 Å². The van der Waals surface area contributed by atoms with E-state index in [0.717, 1.165) is 6.42 Å². The summed E-state index contributed by atoms with van der Waals surface area (Å²) in [7, 11) is 0. The fourth-order valence-corrected chi connectivity index (χ4v) is 1.41. The van der Waals surface area contributed by atoms with Crippen molar-refractivity contribution in [1.29, 1.82) is 0 Å². The first kappa shape index (κ1) is 19.0. The number of amides is 1. The largest absolute Gasteiger partial charge is 0.444 e. The fraction of sp³-hybridized carbons (Fsp3) is 0.923. The van der Waals surface area contributed by atoms with Crippen LogP contribution in [0.3, 0.4) is 0 Å². The minimum Gasteiger partial charge on any atom is -0.444 e. The summed E-state index contributed by atoms with van der Waals surface area (Å²) in [6, 6.07) is 0. The van der Waals surface area contributed by atoms with E-state index in [2.05, 4.69) is 0 Å². The van der Waals surface area contributed by atoms with Crippen LogP contribution in [-0.2, 0) is 4.74 Å². The van der Waals surface area contributed by atoms with Crippen LogP contribution in [0.4, 0.5) is 18.0 Å². The minimum atomic E-state index is -4.66. The van der Waals surface area contributed by atoms with Crippen molar-refractivity contribution in [1.82, 2.24) is 4.90 Å². The predicted molar refractivity (Wildman–Crippen MR) is 69.4 cm³/mol. The molecule has 0 radical (unpaired) electrons. The number of hydrogen-bond donors (Lipinski definition) is 1. The van der Waals surface area contributed by atoms with Gasteiger partial charge in [-0.3, -0.25) is 0 Å². The molecule has 0 heterocycles. The van der Waals surface area contributed by atoms with Crippen LogP contribution in [0, 0.1) is 0 Å². The molecule has 1 unspecified atom stereocenters. The molecule has 0 fully saturated rings. The van der Waals surface area contributed by atoms with Gasteiger partial charge in [0.1, 0.15) is 5.60 Å². The van der Waals surface area contributed by atoms with Gasteiger partial charge in [-0.25, -0.2) is 4.79 Å². The van der Waals surface area contributed by atoms with Crippen LogP contribution in [0.1, 0.15) is 47.0 Å². The van der Waals surface area contributed by atoms with Crippen molar-refractivity contribution in [3.63, 3.8) is 0 Å². The SMILES string of the molecule is CCCCN(CCC(O)C(F)(F)F)C(=O)OC(C)(C)C. The highest BCUT2D eigenvalue weighted by molar-refractivity contribution is 5.68. The Morgan fingerprint density at radius 1 is 1.25 bits per heavy atom. The van der Waals surface area contributed by atoms with E-state index in [-0.39, 0.29) is 6.54 Å². The van der Waals surface area contributed by atoms with E-state index in [1.54, 1.807) is 20.8 Å². The Hall–Kier alpha value is -0.980. The smallest absolute Gasteiger partial charge is 0.414 e. The number of alkyl halides is 3. The van der Waals surface area contributed by atoms with Gasteiger partial charge in [0.25, 0.3) is 0 Å². The molecular formula is C13H24F3NO3. The number of carbonyl (C=O) groups is 1. The van der Waals surface area contributed by atoms with E-state index >= 15 is 0 Å². The maximum Gasteiger partial charge on any atom is 0.414 e. The summed E-state index contributed by atoms with van der Waals surface area (Å²) >= 11 is 0. The average Bonchev–Trinajstić information content (AvgIpc) is 2.24. The molecule has 1 atom stereocenters. The van der Waals surface area contributed by atoms with Crippen LogP contribution in [0.15, 0.2) is 0 Å². The van der Waals surface area contributed by atoms with Gasteiger partial charge in [-0.2, -0.15) is 13.2 Å². The minimum absolute atomic E-state index is 0.185. The number of aliphatic hydroxyl groups is 1. The Balaban J connectivity index is 4.53. The van der Waals surface area contributed by atoms with Crippen LogP contribution in [0.5, 0.6) is 0 Å². The lowest BCUT2D eigenvalue weighted by Crippen LogP contribution is -2.40. The van der Waals surface area contributed by atoms with Gasteiger partial charge in [-0.1, -0.05) is 13.3 Å². The van der Waals surface area contributed by atoms with E-state index < -0.39 is 30.4 Å². The molecule has 0 aliphatic carbocycles. The van der Waals surface area contributed by atoms with Gasteiger partial charge in [-0.15, -0.1) is 0 Å². The Bertz CT molecular complexity index is 300. The summed E-state index contributed by atoms with van der Waals surface area (Å²) in [6.45, 7) is 7.11. The molecule has 0 aromatic rings. The fourth-order valence-electron chi connectivity index (χ4n) is 1.41. The number of hydrogen-bond acceptors (Lipinski definition) is 3. The second-order valence-corrected chi connectivity index (χ2v) is 5.67. The normalized spacial score (nSPS) is 14.0. The van der Waals surface area contributed by atoms with Gasteiger partial charge in [-0.05, 0) is 33.6 Å². The molecule has 0 saturated heterocycles. The summed E-state index contributed by atoms with van der Waals surface area (Å²) in [4.78, 5) is 13.1. The number of nitrogens with zero attached hydrogens (tertiary/aromatic N) is 1. The van der Waals surface area contributed by atoms with E-state index in [4.69, 9.17) is 9.84 Å². The monoisotopic (exact) mass is 299 g/mol. The Morgan fingerprint density at radius 3 is 2.20 bits per heavy atom.